The number of carbonyl (C=O) groups is 1. The minimum atomic E-state index is -0.133. The minimum absolute atomic E-state index is 0.123. The number of ether oxygens (including phenoxy) is 1. The van der Waals surface area contributed by atoms with Gasteiger partial charge >= 0.3 is 5.97 Å². The monoisotopic (exact) mass is 241 g/mol. The van der Waals surface area contributed by atoms with Gasteiger partial charge in [-0.2, -0.15) is 0 Å². The summed E-state index contributed by atoms with van der Waals surface area (Å²) in [5, 5.41) is 3.50. The predicted octanol–water partition coefficient (Wildman–Crippen LogP) is 2.89. The van der Waals surface area contributed by atoms with Crippen molar-refractivity contribution in [3.05, 3.63) is 0 Å². The number of nitrogens with one attached hydrogen (secondary N) is 1. The molecule has 2 atom stereocenters. The lowest BCUT2D eigenvalue weighted by atomic mass is 9.82. The molecule has 0 radical (unpaired) electrons. The van der Waals surface area contributed by atoms with E-state index < -0.39 is 0 Å². The Morgan fingerprint density at radius 2 is 1.88 bits per heavy atom. The molecular weight excluding hydrogens is 214 g/mol. The quantitative estimate of drug-likeness (QED) is 0.727. The Bertz CT molecular complexity index is 224. The van der Waals surface area contributed by atoms with Crippen molar-refractivity contribution in [2.24, 2.45) is 5.92 Å². The van der Waals surface area contributed by atoms with E-state index in [0.717, 1.165) is 18.8 Å². The molecule has 0 saturated heterocycles. The molecule has 1 saturated carbocycles. The highest BCUT2D eigenvalue weighted by molar-refractivity contribution is 5.75. The number of hydrogen-bond donors (Lipinski definition) is 1. The number of rotatable bonds is 6. The van der Waals surface area contributed by atoms with Crippen molar-refractivity contribution in [2.45, 2.75) is 70.9 Å². The summed E-state index contributed by atoms with van der Waals surface area (Å²) in [6.07, 6.45) is 8.58. The molecule has 3 heteroatoms. The van der Waals surface area contributed by atoms with Crippen LogP contribution in [-0.2, 0) is 9.53 Å². The fourth-order valence-electron chi connectivity index (χ4n) is 2.88. The first-order chi connectivity index (χ1) is 8.22. The van der Waals surface area contributed by atoms with E-state index in [2.05, 4.69) is 12.2 Å². The molecule has 1 aliphatic rings. The van der Waals surface area contributed by atoms with Gasteiger partial charge in [0.15, 0.2) is 0 Å². The van der Waals surface area contributed by atoms with Gasteiger partial charge in [0.05, 0.1) is 7.11 Å². The van der Waals surface area contributed by atoms with Crippen molar-refractivity contribution in [1.82, 2.24) is 5.32 Å². The van der Waals surface area contributed by atoms with Gasteiger partial charge in [0.2, 0.25) is 0 Å². The van der Waals surface area contributed by atoms with E-state index in [1.165, 1.54) is 39.2 Å². The van der Waals surface area contributed by atoms with Crippen LogP contribution in [0.2, 0.25) is 0 Å². The Balaban J connectivity index is 2.51. The van der Waals surface area contributed by atoms with E-state index >= 15 is 0 Å². The van der Waals surface area contributed by atoms with E-state index in [1.54, 1.807) is 0 Å². The molecule has 3 nitrogen and oxygen atoms in total. The van der Waals surface area contributed by atoms with Gasteiger partial charge in [-0.15, -0.1) is 0 Å². The molecule has 0 aromatic carbocycles. The molecule has 0 heterocycles. The third kappa shape index (κ3) is 4.30. The maximum atomic E-state index is 11.6. The van der Waals surface area contributed by atoms with Crippen LogP contribution in [0.5, 0.6) is 0 Å². The maximum Gasteiger partial charge on any atom is 0.322 e. The lowest BCUT2D eigenvalue weighted by molar-refractivity contribution is -0.143. The van der Waals surface area contributed by atoms with Crippen molar-refractivity contribution in [3.8, 4) is 0 Å². The van der Waals surface area contributed by atoms with Crippen LogP contribution in [0, 0.1) is 5.92 Å². The zero-order valence-electron chi connectivity index (χ0n) is 11.5. The summed E-state index contributed by atoms with van der Waals surface area (Å²) in [7, 11) is 1.47. The molecule has 1 rings (SSSR count). The highest BCUT2D eigenvalue weighted by Crippen LogP contribution is 2.28. The second kappa shape index (κ2) is 7.70. The topological polar surface area (TPSA) is 38.3 Å². The number of methoxy groups -OCH3 is 1. The molecule has 1 aliphatic carbocycles. The molecule has 100 valence electrons. The summed E-state index contributed by atoms with van der Waals surface area (Å²) < 4.78 is 4.83. The van der Waals surface area contributed by atoms with Gasteiger partial charge in [0.1, 0.15) is 6.04 Å². The summed E-state index contributed by atoms with van der Waals surface area (Å²) in [6, 6.07) is 0.339. The zero-order chi connectivity index (χ0) is 12.7. The van der Waals surface area contributed by atoms with Gasteiger partial charge in [-0.25, -0.2) is 0 Å². The molecule has 0 amide bonds. The minimum Gasteiger partial charge on any atom is -0.468 e. The van der Waals surface area contributed by atoms with Gasteiger partial charge in [0.25, 0.3) is 0 Å². The molecule has 0 bridgehead atoms. The molecule has 1 N–H and O–H groups in total. The summed E-state index contributed by atoms with van der Waals surface area (Å²) in [5.41, 5.74) is 0. The average molecular weight is 241 g/mol. The Kier molecular flexibility index (Phi) is 6.56. The van der Waals surface area contributed by atoms with Crippen molar-refractivity contribution >= 4 is 5.97 Å². The van der Waals surface area contributed by atoms with Gasteiger partial charge in [-0.3, -0.25) is 4.79 Å². The number of esters is 1. The molecular formula is C14H27NO2. The summed E-state index contributed by atoms with van der Waals surface area (Å²) in [5.74, 6) is 0.620. The van der Waals surface area contributed by atoms with E-state index in [9.17, 15) is 4.79 Å². The van der Waals surface area contributed by atoms with Gasteiger partial charge in [-0.05, 0) is 31.6 Å². The van der Waals surface area contributed by atoms with Gasteiger partial charge < -0.3 is 10.1 Å². The van der Waals surface area contributed by atoms with Crippen LogP contribution < -0.4 is 5.32 Å². The molecule has 2 unspecified atom stereocenters. The molecule has 0 spiro atoms. The lowest BCUT2D eigenvalue weighted by Crippen LogP contribution is -2.47. The van der Waals surface area contributed by atoms with Crippen LogP contribution in [0.1, 0.15) is 58.8 Å². The summed E-state index contributed by atoms with van der Waals surface area (Å²) >= 11 is 0. The predicted molar refractivity (Wildman–Crippen MR) is 69.9 cm³/mol. The molecule has 0 aromatic heterocycles. The van der Waals surface area contributed by atoms with Crippen molar-refractivity contribution in [1.29, 1.82) is 0 Å². The van der Waals surface area contributed by atoms with Crippen LogP contribution in [-0.4, -0.2) is 25.2 Å². The molecule has 0 aliphatic heterocycles. The first kappa shape index (κ1) is 14.5. The normalized spacial score (nSPS) is 20.9. The van der Waals surface area contributed by atoms with E-state index in [1.807, 2.05) is 6.92 Å². The fourth-order valence-corrected chi connectivity index (χ4v) is 2.88. The van der Waals surface area contributed by atoms with E-state index in [-0.39, 0.29) is 12.0 Å². The third-order valence-corrected chi connectivity index (χ3v) is 3.97. The second-order valence-corrected chi connectivity index (χ2v) is 5.06. The lowest BCUT2D eigenvalue weighted by Gasteiger charge is -2.32. The second-order valence-electron chi connectivity index (χ2n) is 5.06. The Hall–Kier alpha value is -0.570. The van der Waals surface area contributed by atoms with Crippen molar-refractivity contribution in [3.63, 3.8) is 0 Å². The van der Waals surface area contributed by atoms with Crippen LogP contribution in [0.4, 0.5) is 0 Å². The highest BCUT2D eigenvalue weighted by Gasteiger charge is 2.26. The van der Waals surface area contributed by atoms with Crippen LogP contribution in [0.15, 0.2) is 0 Å². The SMILES string of the molecule is CCC(NC(CC)C1CCCCC1)C(=O)OC. The average Bonchev–Trinajstić information content (AvgIpc) is 2.40. The van der Waals surface area contributed by atoms with E-state index in [4.69, 9.17) is 4.74 Å². The third-order valence-electron chi connectivity index (χ3n) is 3.97. The smallest absolute Gasteiger partial charge is 0.322 e. The molecule has 17 heavy (non-hydrogen) atoms. The first-order valence-electron chi connectivity index (χ1n) is 7.06. The number of carbonyl (C=O) groups excluding carboxylic acids is 1. The Morgan fingerprint density at radius 3 is 2.35 bits per heavy atom. The van der Waals surface area contributed by atoms with Crippen molar-refractivity contribution < 1.29 is 9.53 Å². The van der Waals surface area contributed by atoms with Crippen LogP contribution >= 0.6 is 0 Å². The molecule has 0 aromatic rings. The van der Waals surface area contributed by atoms with Gasteiger partial charge in [-0.1, -0.05) is 33.1 Å². The number of hydrogen-bond acceptors (Lipinski definition) is 3. The molecule has 1 fully saturated rings. The standard InChI is InChI=1S/C14H27NO2/c1-4-12(11-9-7-6-8-10-11)15-13(5-2)14(16)17-3/h11-13,15H,4-10H2,1-3H3. The summed E-state index contributed by atoms with van der Waals surface area (Å²) in [6.45, 7) is 4.23. The fraction of sp³-hybridized carbons (Fsp3) is 0.929. The van der Waals surface area contributed by atoms with Crippen LogP contribution in [0.25, 0.3) is 0 Å². The van der Waals surface area contributed by atoms with Gasteiger partial charge in [0, 0.05) is 6.04 Å². The largest absolute Gasteiger partial charge is 0.468 e. The highest BCUT2D eigenvalue weighted by atomic mass is 16.5. The van der Waals surface area contributed by atoms with E-state index in [0.29, 0.717) is 6.04 Å². The van der Waals surface area contributed by atoms with Crippen molar-refractivity contribution in [2.75, 3.05) is 7.11 Å². The first-order valence-corrected chi connectivity index (χ1v) is 7.06. The zero-order valence-corrected chi connectivity index (χ0v) is 11.5. The maximum absolute atomic E-state index is 11.6. The summed E-state index contributed by atoms with van der Waals surface area (Å²) in [4.78, 5) is 11.6. The van der Waals surface area contributed by atoms with Crippen LogP contribution in [0.3, 0.4) is 0 Å². The Labute approximate surface area is 105 Å². The Morgan fingerprint density at radius 1 is 1.24 bits per heavy atom.